The van der Waals surface area contributed by atoms with Gasteiger partial charge in [-0.15, -0.1) is 0 Å². The van der Waals surface area contributed by atoms with E-state index in [0.717, 1.165) is 34.8 Å². The monoisotopic (exact) mass is 247 g/mol. The average molecular weight is 248 g/mol. The first-order valence-electron chi connectivity index (χ1n) is 6.00. The molecule has 1 aromatic carbocycles. The van der Waals surface area contributed by atoms with Crippen LogP contribution in [-0.2, 0) is 0 Å². The molecule has 1 aliphatic rings. The zero-order chi connectivity index (χ0) is 11.7. The van der Waals surface area contributed by atoms with E-state index in [4.69, 9.17) is 11.6 Å². The Morgan fingerprint density at radius 3 is 2.71 bits per heavy atom. The first kappa shape index (κ1) is 10.8. The van der Waals surface area contributed by atoms with Gasteiger partial charge in [-0.1, -0.05) is 11.6 Å². The van der Waals surface area contributed by atoms with Crippen LogP contribution in [0.5, 0.6) is 0 Å². The smallest absolute Gasteiger partial charge is 0.139 e. The molecule has 0 aliphatic carbocycles. The fraction of sp³-hybridized carbons (Fsp3) is 0.385. The molecule has 3 nitrogen and oxygen atoms in total. The van der Waals surface area contributed by atoms with E-state index >= 15 is 0 Å². The quantitative estimate of drug-likeness (QED) is 0.775. The summed E-state index contributed by atoms with van der Waals surface area (Å²) in [6.45, 7) is 2.18. The number of benzene rings is 1. The molecule has 0 N–H and O–H groups in total. The van der Waals surface area contributed by atoms with Gasteiger partial charge in [0.25, 0.3) is 0 Å². The minimum atomic E-state index is 0.723. The summed E-state index contributed by atoms with van der Waals surface area (Å²) in [6.07, 6.45) is 5.45. The van der Waals surface area contributed by atoms with Crippen molar-refractivity contribution in [2.75, 3.05) is 18.0 Å². The van der Waals surface area contributed by atoms with Gasteiger partial charge >= 0.3 is 0 Å². The van der Waals surface area contributed by atoms with Crippen LogP contribution < -0.4 is 4.90 Å². The number of hydrogen-bond donors (Lipinski definition) is 0. The number of anilines is 1. The first-order valence-corrected chi connectivity index (χ1v) is 6.37. The number of halogens is 1. The van der Waals surface area contributed by atoms with Crippen LogP contribution in [0.25, 0.3) is 10.9 Å². The zero-order valence-corrected chi connectivity index (χ0v) is 10.3. The summed E-state index contributed by atoms with van der Waals surface area (Å²) in [7, 11) is 0. The topological polar surface area (TPSA) is 29.0 Å². The maximum atomic E-state index is 5.98. The van der Waals surface area contributed by atoms with Gasteiger partial charge in [0.05, 0.1) is 5.52 Å². The minimum absolute atomic E-state index is 0.723. The fourth-order valence-corrected chi connectivity index (χ4v) is 2.54. The molecule has 88 valence electrons. The highest BCUT2D eigenvalue weighted by Gasteiger charge is 2.15. The lowest BCUT2D eigenvalue weighted by atomic mass is 10.1. The summed E-state index contributed by atoms with van der Waals surface area (Å²) in [5, 5.41) is 1.82. The lowest BCUT2D eigenvalue weighted by Gasteiger charge is -2.28. The van der Waals surface area contributed by atoms with E-state index < -0.39 is 0 Å². The Bertz CT molecular complexity index is 535. The summed E-state index contributed by atoms with van der Waals surface area (Å²) in [5.41, 5.74) is 0.924. The fourth-order valence-electron chi connectivity index (χ4n) is 2.37. The normalized spacial score (nSPS) is 16.4. The van der Waals surface area contributed by atoms with Crippen LogP contribution in [0.1, 0.15) is 19.3 Å². The Labute approximate surface area is 105 Å². The minimum Gasteiger partial charge on any atom is -0.356 e. The largest absolute Gasteiger partial charge is 0.356 e. The summed E-state index contributed by atoms with van der Waals surface area (Å²) >= 11 is 5.98. The van der Waals surface area contributed by atoms with Crippen LogP contribution in [0.3, 0.4) is 0 Å². The van der Waals surface area contributed by atoms with E-state index in [1.807, 2.05) is 18.2 Å². The van der Waals surface area contributed by atoms with Crippen molar-refractivity contribution >= 4 is 28.3 Å². The summed E-state index contributed by atoms with van der Waals surface area (Å²) in [4.78, 5) is 11.1. The van der Waals surface area contributed by atoms with E-state index in [1.165, 1.54) is 19.3 Å². The Hall–Kier alpha value is -1.35. The highest BCUT2D eigenvalue weighted by atomic mass is 35.5. The van der Waals surface area contributed by atoms with Crippen molar-refractivity contribution in [2.45, 2.75) is 19.3 Å². The number of rotatable bonds is 1. The molecule has 1 saturated heterocycles. The van der Waals surface area contributed by atoms with Crippen molar-refractivity contribution in [3.05, 3.63) is 29.5 Å². The van der Waals surface area contributed by atoms with Crippen molar-refractivity contribution in [1.82, 2.24) is 9.97 Å². The van der Waals surface area contributed by atoms with Crippen molar-refractivity contribution in [2.24, 2.45) is 0 Å². The van der Waals surface area contributed by atoms with E-state index in [-0.39, 0.29) is 0 Å². The Morgan fingerprint density at radius 1 is 1.06 bits per heavy atom. The van der Waals surface area contributed by atoms with Crippen LogP contribution in [0.15, 0.2) is 24.5 Å². The lowest BCUT2D eigenvalue weighted by molar-refractivity contribution is 0.574. The standard InChI is InChI=1S/C13H14ClN3/c14-10-4-5-11-12(8-10)15-9-16-13(11)17-6-2-1-3-7-17/h4-5,8-9H,1-3,6-7H2. The molecule has 3 rings (SSSR count). The average Bonchev–Trinajstić information content (AvgIpc) is 2.39. The third-order valence-electron chi connectivity index (χ3n) is 3.23. The molecule has 0 spiro atoms. The molecule has 0 amide bonds. The molecule has 4 heteroatoms. The van der Waals surface area contributed by atoms with Crippen LogP contribution in [-0.4, -0.2) is 23.1 Å². The third-order valence-corrected chi connectivity index (χ3v) is 3.47. The van der Waals surface area contributed by atoms with Crippen molar-refractivity contribution in [3.63, 3.8) is 0 Å². The number of nitrogens with zero attached hydrogens (tertiary/aromatic N) is 3. The van der Waals surface area contributed by atoms with Gasteiger partial charge in [0.15, 0.2) is 0 Å². The highest BCUT2D eigenvalue weighted by molar-refractivity contribution is 6.31. The molecular formula is C13H14ClN3. The van der Waals surface area contributed by atoms with Crippen LogP contribution in [0.4, 0.5) is 5.82 Å². The Balaban J connectivity index is 2.09. The summed E-state index contributed by atoms with van der Waals surface area (Å²) in [6, 6.07) is 5.81. The van der Waals surface area contributed by atoms with Gasteiger partial charge in [0.2, 0.25) is 0 Å². The molecular weight excluding hydrogens is 234 g/mol. The molecule has 0 atom stereocenters. The third kappa shape index (κ3) is 2.07. The molecule has 1 fully saturated rings. The lowest BCUT2D eigenvalue weighted by Crippen LogP contribution is -2.30. The van der Waals surface area contributed by atoms with Gasteiger partial charge in [-0.05, 0) is 37.5 Å². The molecule has 2 aromatic rings. The number of hydrogen-bond acceptors (Lipinski definition) is 3. The molecule has 0 saturated carbocycles. The van der Waals surface area contributed by atoms with Gasteiger partial charge in [-0.2, -0.15) is 0 Å². The molecule has 1 aliphatic heterocycles. The molecule has 0 bridgehead atoms. The van der Waals surface area contributed by atoms with Crippen molar-refractivity contribution < 1.29 is 0 Å². The van der Waals surface area contributed by atoms with E-state index in [2.05, 4.69) is 14.9 Å². The second-order valence-corrected chi connectivity index (χ2v) is 4.84. The second kappa shape index (κ2) is 4.49. The summed E-state index contributed by atoms with van der Waals surface area (Å²) < 4.78 is 0. The molecule has 0 radical (unpaired) electrons. The zero-order valence-electron chi connectivity index (χ0n) is 9.56. The maximum Gasteiger partial charge on any atom is 0.139 e. The van der Waals surface area contributed by atoms with Gasteiger partial charge in [-0.25, -0.2) is 9.97 Å². The molecule has 17 heavy (non-hydrogen) atoms. The Kier molecular flexibility index (Phi) is 2.85. The molecule has 2 heterocycles. The second-order valence-electron chi connectivity index (χ2n) is 4.41. The van der Waals surface area contributed by atoms with E-state index in [0.29, 0.717) is 0 Å². The predicted molar refractivity (Wildman–Crippen MR) is 70.6 cm³/mol. The Morgan fingerprint density at radius 2 is 1.88 bits per heavy atom. The SMILES string of the molecule is Clc1ccc2c(N3CCCCC3)ncnc2c1. The molecule has 1 aromatic heterocycles. The number of piperidine rings is 1. The molecule has 0 unspecified atom stereocenters. The predicted octanol–water partition coefficient (Wildman–Crippen LogP) is 3.27. The van der Waals surface area contributed by atoms with Gasteiger partial charge < -0.3 is 4.90 Å². The summed E-state index contributed by atoms with van der Waals surface area (Å²) in [5.74, 6) is 1.05. The van der Waals surface area contributed by atoms with Crippen molar-refractivity contribution in [1.29, 1.82) is 0 Å². The van der Waals surface area contributed by atoms with Gasteiger partial charge in [0.1, 0.15) is 12.1 Å². The van der Waals surface area contributed by atoms with Crippen LogP contribution >= 0.6 is 11.6 Å². The van der Waals surface area contributed by atoms with E-state index in [1.54, 1.807) is 6.33 Å². The van der Waals surface area contributed by atoms with Crippen LogP contribution in [0, 0.1) is 0 Å². The number of aromatic nitrogens is 2. The number of fused-ring (bicyclic) bond motifs is 1. The highest BCUT2D eigenvalue weighted by Crippen LogP contribution is 2.27. The maximum absolute atomic E-state index is 5.98. The van der Waals surface area contributed by atoms with Gasteiger partial charge in [-0.3, -0.25) is 0 Å². The van der Waals surface area contributed by atoms with Crippen molar-refractivity contribution in [3.8, 4) is 0 Å². The van der Waals surface area contributed by atoms with Crippen LogP contribution in [0.2, 0.25) is 5.02 Å². The van der Waals surface area contributed by atoms with Gasteiger partial charge in [0, 0.05) is 23.5 Å². The first-order chi connectivity index (χ1) is 8.34. The van der Waals surface area contributed by atoms with E-state index in [9.17, 15) is 0 Å².